The van der Waals surface area contributed by atoms with Gasteiger partial charge in [-0.1, -0.05) is 54.1 Å². The Kier molecular flexibility index (Phi) is 1.75. The summed E-state index contributed by atoms with van der Waals surface area (Å²) in [6.45, 7) is 2.13. The Bertz CT molecular complexity index is 586. The molecule has 15 heavy (non-hydrogen) atoms. The first kappa shape index (κ1) is 8.49. The third kappa shape index (κ3) is 1.39. The summed E-state index contributed by atoms with van der Waals surface area (Å²) in [5.41, 5.74) is 3.96. The summed E-state index contributed by atoms with van der Waals surface area (Å²) in [5.74, 6) is 0. The summed E-state index contributed by atoms with van der Waals surface area (Å²) in [6, 6.07) is 13.2. The molecule has 0 aromatic heterocycles. The maximum atomic E-state index is 2.25. The number of benzene rings is 2. The predicted molar refractivity (Wildman–Crippen MR) is 65.8 cm³/mol. The van der Waals surface area contributed by atoms with Crippen LogP contribution in [0.3, 0.4) is 0 Å². The molecule has 0 fully saturated rings. The Morgan fingerprint density at radius 1 is 0.867 bits per heavy atom. The van der Waals surface area contributed by atoms with Gasteiger partial charge in [-0.15, -0.1) is 0 Å². The van der Waals surface area contributed by atoms with E-state index in [9.17, 15) is 0 Å². The van der Waals surface area contributed by atoms with Crippen LogP contribution in [0.5, 0.6) is 0 Å². The van der Waals surface area contributed by atoms with Crippen LogP contribution in [0, 0.1) is 6.92 Å². The minimum atomic E-state index is 1.31. The molecule has 0 amide bonds. The fourth-order valence-corrected chi connectivity index (χ4v) is 1.93. The second kappa shape index (κ2) is 3.09. The van der Waals surface area contributed by atoms with Crippen LogP contribution in [-0.2, 0) is 0 Å². The number of fused-ring (bicyclic) bond motifs is 1. The van der Waals surface area contributed by atoms with Crippen LogP contribution >= 0.6 is 0 Å². The molecule has 0 saturated heterocycles. The van der Waals surface area contributed by atoms with E-state index in [1.165, 1.54) is 27.5 Å². The Balaban J connectivity index is 2.18. The van der Waals surface area contributed by atoms with E-state index >= 15 is 0 Å². The molecule has 0 aliphatic heterocycles. The smallest absolute Gasteiger partial charge is 0.0178 e. The van der Waals surface area contributed by atoms with Crippen molar-refractivity contribution in [2.45, 2.75) is 6.92 Å². The van der Waals surface area contributed by atoms with Gasteiger partial charge < -0.3 is 0 Å². The van der Waals surface area contributed by atoms with Gasteiger partial charge in [-0.3, -0.25) is 0 Å². The monoisotopic (exact) mass is 192 g/mol. The van der Waals surface area contributed by atoms with Crippen LogP contribution in [0.15, 0.2) is 54.6 Å². The van der Waals surface area contributed by atoms with Crippen molar-refractivity contribution in [3.63, 3.8) is 0 Å². The Morgan fingerprint density at radius 3 is 2.33 bits per heavy atom. The topological polar surface area (TPSA) is 0 Å². The van der Waals surface area contributed by atoms with Gasteiger partial charge in [0, 0.05) is 0 Å². The van der Waals surface area contributed by atoms with Crippen molar-refractivity contribution in [1.29, 1.82) is 0 Å². The van der Waals surface area contributed by atoms with E-state index < -0.39 is 0 Å². The van der Waals surface area contributed by atoms with Gasteiger partial charge in [-0.25, -0.2) is 0 Å². The SMILES string of the molecule is Cc1ccc2cc(C3=CC=C3)ccc2c1. The number of hydrogen-bond acceptors (Lipinski definition) is 0. The quantitative estimate of drug-likeness (QED) is 0.638. The summed E-state index contributed by atoms with van der Waals surface area (Å²) >= 11 is 0. The van der Waals surface area contributed by atoms with Crippen LogP contribution < -0.4 is 0 Å². The summed E-state index contributed by atoms with van der Waals surface area (Å²) < 4.78 is 0. The highest BCUT2D eigenvalue weighted by Crippen LogP contribution is 2.26. The molecule has 0 saturated carbocycles. The highest BCUT2D eigenvalue weighted by Gasteiger charge is 2.03. The van der Waals surface area contributed by atoms with Gasteiger partial charge in [0.05, 0.1) is 0 Å². The van der Waals surface area contributed by atoms with Crippen molar-refractivity contribution in [3.05, 3.63) is 65.8 Å². The molecule has 0 heteroatoms. The zero-order valence-corrected chi connectivity index (χ0v) is 8.70. The number of aryl methyl sites for hydroxylation is 1. The van der Waals surface area contributed by atoms with Gasteiger partial charge in [-0.05, 0) is 34.9 Å². The normalized spacial score (nSPS) is 13.8. The molecular formula is C15H12. The lowest BCUT2D eigenvalue weighted by Crippen LogP contribution is -1.86. The maximum Gasteiger partial charge on any atom is -0.0178 e. The first-order valence-corrected chi connectivity index (χ1v) is 5.22. The van der Waals surface area contributed by atoms with E-state index in [4.69, 9.17) is 0 Å². The van der Waals surface area contributed by atoms with Crippen LogP contribution in [0.4, 0.5) is 0 Å². The average Bonchev–Trinajstić information content (AvgIpc) is 2.15. The van der Waals surface area contributed by atoms with Crippen LogP contribution in [-0.4, -0.2) is 0 Å². The standard InChI is InChI=1S/C15H12/c1-11-5-6-15-10-14(12-3-2-4-12)8-7-13(15)9-11/h2-10H,1H3. The maximum absolute atomic E-state index is 2.25. The van der Waals surface area contributed by atoms with E-state index in [-0.39, 0.29) is 0 Å². The molecule has 2 aromatic carbocycles. The van der Waals surface area contributed by atoms with E-state index in [0.717, 1.165) is 0 Å². The summed E-state index contributed by atoms with van der Waals surface area (Å²) in [5, 5.41) is 2.64. The number of rotatable bonds is 1. The first-order valence-electron chi connectivity index (χ1n) is 5.22. The molecule has 0 spiro atoms. The third-order valence-corrected chi connectivity index (χ3v) is 2.88. The van der Waals surface area contributed by atoms with E-state index in [1.54, 1.807) is 0 Å². The zero-order valence-electron chi connectivity index (χ0n) is 8.70. The van der Waals surface area contributed by atoms with Crippen LogP contribution in [0.1, 0.15) is 11.1 Å². The lowest BCUT2D eigenvalue weighted by atomic mass is 9.96. The second-order valence-electron chi connectivity index (χ2n) is 4.05. The molecule has 72 valence electrons. The van der Waals surface area contributed by atoms with Crippen molar-refractivity contribution in [2.24, 2.45) is 0 Å². The van der Waals surface area contributed by atoms with E-state index in [0.29, 0.717) is 0 Å². The number of allylic oxidation sites excluding steroid dienone is 4. The molecule has 0 nitrogen and oxygen atoms in total. The van der Waals surface area contributed by atoms with Crippen molar-refractivity contribution < 1.29 is 0 Å². The van der Waals surface area contributed by atoms with Gasteiger partial charge in [0.1, 0.15) is 0 Å². The predicted octanol–water partition coefficient (Wildman–Crippen LogP) is 4.10. The molecule has 0 unspecified atom stereocenters. The molecular weight excluding hydrogens is 180 g/mol. The summed E-state index contributed by atoms with van der Waals surface area (Å²) in [6.07, 6.45) is 6.37. The summed E-state index contributed by atoms with van der Waals surface area (Å²) in [4.78, 5) is 0. The fourth-order valence-electron chi connectivity index (χ4n) is 1.93. The van der Waals surface area contributed by atoms with Gasteiger partial charge in [0.25, 0.3) is 0 Å². The highest BCUT2D eigenvalue weighted by atomic mass is 14.1. The molecule has 0 N–H and O–H groups in total. The second-order valence-corrected chi connectivity index (χ2v) is 4.05. The van der Waals surface area contributed by atoms with Crippen molar-refractivity contribution in [3.8, 4) is 0 Å². The summed E-state index contributed by atoms with van der Waals surface area (Å²) in [7, 11) is 0. The minimum absolute atomic E-state index is 1.31. The molecule has 1 aliphatic rings. The molecule has 2 aromatic rings. The van der Waals surface area contributed by atoms with Gasteiger partial charge in [0.15, 0.2) is 0 Å². The van der Waals surface area contributed by atoms with Gasteiger partial charge in [0.2, 0.25) is 0 Å². The lowest BCUT2D eigenvalue weighted by Gasteiger charge is -2.08. The van der Waals surface area contributed by atoms with Crippen LogP contribution in [0.25, 0.3) is 16.3 Å². The van der Waals surface area contributed by atoms with E-state index in [2.05, 4.69) is 61.5 Å². The number of hydrogen-bond donors (Lipinski definition) is 0. The Labute approximate surface area is 89.6 Å². The largest absolute Gasteiger partial charge is 0.0610 e. The van der Waals surface area contributed by atoms with Crippen LogP contribution in [0.2, 0.25) is 0 Å². The first-order chi connectivity index (χ1) is 7.33. The lowest BCUT2D eigenvalue weighted by molar-refractivity contribution is 1.50. The van der Waals surface area contributed by atoms with E-state index in [1.807, 2.05) is 0 Å². The third-order valence-electron chi connectivity index (χ3n) is 2.88. The van der Waals surface area contributed by atoms with Gasteiger partial charge in [-0.2, -0.15) is 0 Å². The van der Waals surface area contributed by atoms with Crippen molar-refractivity contribution in [2.75, 3.05) is 0 Å². The van der Waals surface area contributed by atoms with Crippen molar-refractivity contribution >= 4 is 16.3 Å². The molecule has 0 radical (unpaired) electrons. The molecule has 0 heterocycles. The Morgan fingerprint density at radius 2 is 1.60 bits per heavy atom. The molecule has 3 rings (SSSR count). The fraction of sp³-hybridized carbons (Fsp3) is 0.0667. The molecule has 0 bridgehead atoms. The molecule has 0 atom stereocenters. The average molecular weight is 192 g/mol. The zero-order chi connectivity index (χ0) is 10.3. The Hall–Kier alpha value is -1.82. The van der Waals surface area contributed by atoms with Crippen molar-refractivity contribution in [1.82, 2.24) is 0 Å². The minimum Gasteiger partial charge on any atom is -0.0610 e. The molecule has 1 aliphatic carbocycles. The highest BCUT2D eigenvalue weighted by molar-refractivity contribution is 5.90. The van der Waals surface area contributed by atoms with Gasteiger partial charge >= 0.3 is 0 Å².